The third kappa shape index (κ3) is 12.3. The summed E-state index contributed by atoms with van der Waals surface area (Å²) in [6, 6.07) is 14.0. The second kappa shape index (κ2) is 21.8. The highest BCUT2D eigenvalue weighted by Crippen LogP contribution is 2.34. The van der Waals surface area contributed by atoms with Crippen molar-refractivity contribution in [2.75, 3.05) is 37.8 Å². The Kier molecular flexibility index (Phi) is 15.6. The predicted octanol–water partition coefficient (Wildman–Crippen LogP) is 2.70. The minimum absolute atomic E-state index is 0.00442. The molecular weight excluding hydrogens is 921 g/mol. The number of carbonyl (C=O) groups is 8. The van der Waals surface area contributed by atoms with E-state index in [4.69, 9.17) is 4.74 Å². The van der Waals surface area contributed by atoms with Crippen LogP contribution in [0.1, 0.15) is 82.4 Å². The van der Waals surface area contributed by atoms with Gasteiger partial charge in [0, 0.05) is 54.6 Å². The number of nitrogens with one attached hydrogen (secondary N) is 5. The molecule has 2 aliphatic heterocycles. The molecule has 0 bridgehead atoms. The summed E-state index contributed by atoms with van der Waals surface area (Å²) in [5.74, 6) is -4.16. The molecule has 1 unspecified atom stereocenters. The zero-order valence-electron chi connectivity index (χ0n) is 36.8. The summed E-state index contributed by atoms with van der Waals surface area (Å²) in [4.78, 5) is 106. The van der Waals surface area contributed by atoms with E-state index >= 15 is 0 Å². The van der Waals surface area contributed by atoms with Crippen molar-refractivity contribution in [2.24, 2.45) is 0 Å². The van der Waals surface area contributed by atoms with E-state index in [1.165, 1.54) is 48.0 Å². The van der Waals surface area contributed by atoms with Gasteiger partial charge in [-0.05, 0) is 49.6 Å². The van der Waals surface area contributed by atoms with Crippen molar-refractivity contribution < 1.29 is 51.5 Å². The first-order chi connectivity index (χ1) is 32.6. The lowest BCUT2D eigenvalue weighted by atomic mass is 10.0. The second-order valence-corrected chi connectivity index (χ2v) is 18.7. The summed E-state index contributed by atoms with van der Waals surface area (Å²) in [6.07, 6.45) is 10.5. The Labute approximate surface area is 394 Å². The summed E-state index contributed by atoms with van der Waals surface area (Å²) >= 11 is 1.21. The number of imide groups is 2. The minimum Gasteiger partial charge on any atom is -0.483 e. The number of ether oxygens (including phenoxy) is 1. The molecule has 5 N–H and O–H groups in total. The molecular formula is C45H48N10O11S2. The molecule has 1 saturated heterocycles. The highest BCUT2D eigenvalue weighted by molar-refractivity contribution is 7.89. The molecule has 21 nitrogen and oxygen atoms in total. The number of benzene rings is 2. The van der Waals surface area contributed by atoms with Crippen LogP contribution in [-0.2, 0) is 40.5 Å². The average molecular weight is 969 g/mol. The third-order valence-electron chi connectivity index (χ3n) is 10.9. The SMILES string of the molecule is CS(=O)(=O)n1ccc(C(=O)NCC(=O)Nc2nc(-c3cccc(-c4ccn(CC(=O)NCCCCCCCCNC(=O)COc5cccc6c5C(=O)N(C5CCC(=O)NC5=O)C6=O)n4)c3)cs2)c1. The first-order valence-electron chi connectivity index (χ1n) is 21.7. The third-order valence-corrected chi connectivity index (χ3v) is 12.7. The van der Waals surface area contributed by atoms with Crippen molar-refractivity contribution in [3.63, 3.8) is 0 Å². The molecule has 2 aliphatic rings. The molecule has 8 amide bonds. The molecule has 2 aromatic carbocycles. The molecule has 5 heterocycles. The number of carbonyl (C=O) groups excluding carboxylic acids is 8. The van der Waals surface area contributed by atoms with E-state index in [-0.39, 0.29) is 60.9 Å². The Balaban J connectivity index is 0.741. The van der Waals surface area contributed by atoms with Crippen molar-refractivity contribution in [2.45, 2.75) is 64.0 Å². The molecule has 3 aromatic heterocycles. The van der Waals surface area contributed by atoms with Gasteiger partial charge in [-0.3, -0.25) is 57.2 Å². The van der Waals surface area contributed by atoms with Gasteiger partial charge in [0.1, 0.15) is 18.3 Å². The molecule has 5 aromatic rings. The Morgan fingerprint density at radius 1 is 0.824 bits per heavy atom. The van der Waals surface area contributed by atoms with E-state index in [0.717, 1.165) is 64.8 Å². The van der Waals surface area contributed by atoms with Crippen molar-refractivity contribution in [1.29, 1.82) is 0 Å². The molecule has 1 atom stereocenters. The van der Waals surface area contributed by atoms with Crippen LogP contribution in [0.2, 0.25) is 0 Å². The number of fused-ring (bicyclic) bond motifs is 1. The number of anilines is 1. The molecule has 68 heavy (non-hydrogen) atoms. The number of hydrogen-bond acceptors (Lipinski definition) is 14. The van der Waals surface area contributed by atoms with Gasteiger partial charge in [-0.25, -0.2) is 13.4 Å². The van der Waals surface area contributed by atoms with Crippen LogP contribution in [0.25, 0.3) is 22.5 Å². The number of aromatic nitrogens is 4. The van der Waals surface area contributed by atoms with Crippen LogP contribution < -0.4 is 31.3 Å². The molecule has 0 radical (unpaired) electrons. The molecule has 23 heteroatoms. The van der Waals surface area contributed by atoms with Crippen LogP contribution in [0.3, 0.4) is 0 Å². The minimum atomic E-state index is -3.54. The Hall–Kier alpha value is -7.53. The number of thiazole rings is 1. The second-order valence-electron chi connectivity index (χ2n) is 16.0. The van der Waals surface area contributed by atoms with E-state index in [0.29, 0.717) is 29.6 Å². The van der Waals surface area contributed by atoms with Crippen molar-refractivity contribution in [3.05, 3.63) is 95.3 Å². The quantitative estimate of drug-likeness (QED) is 0.0494. The van der Waals surface area contributed by atoms with E-state index in [1.54, 1.807) is 16.3 Å². The Morgan fingerprint density at radius 3 is 2.25 bits per heavy atom. The van der Waals surface area contributed by atoms with E-state index in [1.807, 2.05) is 30.3 Å². The maximum absolute atomic E-state index is 13.2. The smallest absolute Gasteiger partial charge is 0.266 e. The Bertz CT molecular complexity index is 2870. The molecule has 1 fully saturated rings. The van der Waals surface area contributed by atoms with Gasteiger partial charge in [0.2, 0.25) is 33.7 Å². The van der Waals surface area contributed by atoms with Gasteiger partial charge < -0.3 is 26.0 Å². The molecule has 0 aliphatic carbocycles. The van der Waals surface area contributed by atoms with Gasteiger partial charge in [-0.2, -0.15) is 5.10 Å². The number of rotatable bonds is 22. The van der Waals surface area contributed by atoms with E-state index in [2.05, 4.69) is 36.7 Å². The van der Waals surface area contributed by atoms with Gasteiger partial charge in [-0.15, -0.1) is 11.3 Å². The van der Waals surface area contributed by atoms with Gasteiger partial charge in [0.25, 0.3) is 23.6 Å². The topological polar surface area (TPSA) is 279 Å². The predicted molar refractivity (Wildman–Crippen MR) is 247 cm³/mol. The Morgan fingerprint density at radius 2 is 1.53 bits per heavy atom. The summed E-state index contributed by atoms with van der Waals surface area (Å²) in [5.41, 5.74) is 2.99. The zero-order chi connectivity index (χ0) is 48.4. The summed E-state index contributed by atoms with van der Waals surface area (Å²) in [7, 11) is -3.54. The maximum atomic E-state index is 13.2. The van der Waals surface area contributed by atoms with Crippen molar-refractivity contribution in [1.82, 2.24) is 44.9 Å². The van der Waals surface area contributed by atoms with Gasteiger partial charge in [0.15, 0.2) is 11.7 Å². The standard InChI is InChI=1S/C45H48N10O11S2/c1-68(64,65)54-21-16-30(24-54)41(60)48-23-37(57)51-45-49-33(27-67-45)29-11-8-10-28(22-29)32-17-20-53(52-32)25-38(58)46-18-6-4-2-3-5-7-19-47-39(59)26-66-35-13-9-12-31-40(35)44(63)55(43(31)62)34-14-15-36(56)50-42(34)61/h8-13,16-17,20-22,24,27,34H,2-7,14-15,18-19,23,25-26H2,1H3,(H,46,58)(H,47,59)(H,48,60)(H,49,51,57)(H,50,56,61). The van der Waals surface area contributed by atoms with Crippen LogP contribution >= 0.6 is 11.3 Å². The fraction of sp³-hybridized carbons (Fsp3) is 0.333. The molecule has 7 rings (SSSR count). The van der Waals surface area contributed by atoms with Crippen LogP contribution in [-0.4, -0.2) is 118 Å². The lowest BCUT2D eigenvalue weighted by molar-refractivity contribution is -0.136. The molecule has 0 saturated carbocycles. The molecule has 356 valence electrons. The summed E-state index contributed by atoms with van der Waals surface area (Å²) in [6.45, 7) is 0.287. The lowest BCUT2D eigenvalue weighted by Gasteiger charge is -2.27. The number of piperidine rings is 1. The fourth-order valence-electron chi connectivity index (χ4n) is 7.46. The highest BCUT2D eigenvalue weighted by atomic mass is 32.2. The number of hydrogen-bond donors (Lipinski definition) is 5. The lowest BCUT2D eigenvalue weighted by Crippen LogP contribution is -2.54. The van der Waals surface area contributed by atoms with Gasteiger partial charge >= 0.3 is 0 Å². The van der Waals surface area contributed by atoms with Gasteiger partial charge in [-0.1, -0.05) is 49.9 Å². The zero-order valence-corrected chi connectivity index (χ0v) is 38.5. The number of nitrogens with zero attached hydrogens (tertiary/aromatic N) is 5. The first-order valence-corrected chi connectivity index (χ1v) is 24.4. The van der Waals surface area contributed by atoms with E-state index in [9.17, 15) is 46.8 Å². The number of amides is 8. The summed E-state index contributed by atoms with van der Waals surface area (Å²) < 4.78 is 31.4. The van der Waals surface area contributed by atoms with Crippen molar-refractivity contribution in [3.8, 4) is 28.3 Å². The summed E-state index contributed by atoms with van der Waals surface area (Å²) in [5, 5.41) is 19.7. The maximum Gasteiger partial charge on any atom is 0.266 e. The van der Waals surface area contributed by atoms with Crippen LogP contribution in [0.4, 0.5) is 5.13 Å². The van der Waals surface area contributed by atoms with Crippen LogP contribution in [0, 0.1) is 0 Å². The first kappa shape index (κ1) is 48.4. The monoisotopic (exact) mass is 968 g/mol. The molecule has 0 spiro atoms. The fourth-order valence-corrected chi connectivity index (χ4v) is 8.79. The normalized spacial score (nSPS) is 14.6. The van der Waals surface area contributed by atoms with Gasteiger partial charge in [0.05, 0.1) is 40.9 Å². The highest BCUT2D eigenvalue weighted by Gasteiger charge is 2.46. The van der Waals surface area contributed by atoms with Crippen molar-refractivity contribution >= 4 is 73.7 Å². The number of unbranched alkanes of at least 4 members (excludes halogenated alkanes) is 5. The van der Waals surface area contributed by atoms with Crippen LogP contribution in [0.15, 0.2) is 78.6 Å². The van der Waals surface area contributed by atoms with E-state index < -0.39 is 57.4 Å². The largest absolute Gasteiger partial charge is 0.483 e. The average Bonchev–Trinajstić information content (AvgIpc) is 4.14. The van der Waals surface area contributed by atoms with Crippen LogP contribution in [0.5, 0.6) is 5.75 Å².